The van der Waals surface area contributed by atoms with Crippen molar-refractivity contribution in [2.75, 3.05) is 17.7 Å². The highest BCUT2D eigenvalue weighted by molar-refractivity contribution is 6.00. The number of halogens is 3. The van der Waals surface area contributed by atoms with Crippen LogP contribution < -0.4 is 15.4 Å². The van der Waals surface area contributed by atoms with E-state index in [4.69, 9.17) is 9.47 Å². The van der Waals surface area contributed by atoms with Gasteiger partial charge < -0.3 is 20.1 Å². The molecule has 0 aliphatic rings. The molecule has 9 heteroatoms. The van der Waals surface area contributed by atoms with Crippen LogP contribution in [0.2, 0.25) is 0 Å². The first-order valence-electron chi connectivity index (χ1n) is 8.64. The highest BCUT2D eigenvalue weighted by Gasteiger charge is 2.31. The van der Waals surface area contributed by atoms with E-state index in [0.717, 1.165) is 23.8 Å². The molecule has 2 amide bonds. The standard InChI is InChI=1S/C20H21F3N2O4/c1-12(29-11-14-5-4-6-16(9-14)28-3)19(27)25-18-10-15(20(21,22)23)7-8-17(18)24-13(2)26/h4-10,12H,11H2,1-3H3,(H,24,26)(H,25,27). The van der Waals surface area contributed by atoms with Gasteiger partial charge in [-0.2, -0.15) is 13.2 Å². The Balaban J connectivity index is 2.11. The van der Waals surface area contributed by atoms with E-state index in [1.165, 1.54) is 21.0 Å². The monoisotopic (exact) mass is 410 g/mol. The number of nitrogens with one attached hydrogen (secondary N) is 2. The van der Waals surface area contributed by atoms with Crippen LogP contribution in [0, 0.1) is 0 Å². The average Bonchev–Trinajstić information content (AvgIpc) is 2.66. The minimum Gasteiger partial charge on any atom is -0.497 e. The van der Waals surface area contributed by atoms with Gasteiger partial charge in [0, 0.05) is 6.92 Å². The third-order valence-electron chi connectivity index (χ3n) is 3.92. The Morgan fingerprint density at radius 3 is 2.41 bits per heavy atom. The van der Waals surface area contributed by atoms with Gasteiger partial charge >= 0.3 is 6.18 Å². The summed E-state index contributed by atoms with van der Waals surface area (Å²) in [5.41, 5.74) is -0.301. The lowest BCUT2D eigenvalue weighted by molar-refractivity contribution is -0.137. The zero-order valence-corrected chi connectivity index (χ0v) is 16.1. The zero-order chi connectivity index (χ0) is 21.6. The van der Waals surface area contributed by atoms with E-state index in [1.54, 1.807) is 24.3 Å². The summed E-state index contributed by atoms with van der Waals surface area (Å²) in [6.45, 7) is 2.79. The zero-order valence-electron chi connectivity index (χ0n) is 16.1. The second kappa shape index (κ2) is 9.42. The molecule has 1 atom stereocenters. The van der Waals surface area contributed by atoms with Crippen molar-refractivity contribution >= 4 is 23.2 Å². The summed E-state index contributed by atoms with van der Waals surface area (Å²) in [6.07, 6.45) is -5.55. The number of rotatable bonds is 7. The normalized spacial score (nSPS) is 12.2. The molecule has 156 valence electrons. The van der Waals surface area contributed by atoms with Gasteiger partial charge in [-0.1, -0.05) is 12.1 Å². The van der Waals surface area contributed by atoms with Gasteiger partial charge in [0.15, 0.2) is 0 Å². The van der Waals surface area contributed by atoms with Gasteiger partial charge in [0.25, 0.3) is 5.91 Å². The van der Waals surface area contributed by atoms with Crippen LogP contribution in [0.25, 0.3) is 0 Å². The molecule has 2 aromatic rings. The summed E-state index contributed by atoms with van der Waals surface area (Å²) in [5.74, 6) is -0.506. The highest BCUT2D eigenvalue weighted by atomic mass is 19.4. The SMILES string of the molecule is COc1cccc(COC(C)C(=O)Nc2cc(C(F)(F)F)ccc2NC(C)=O)c1. The molecule has 0 saturated carbocycles. The Morgan fingerprint density at radius 2 is 1.79 bits per heavy atom. The first kappa shape index (κ1) is 22.2. The minimum atomic E-state index is -4.59. The first-order chi connectivity index (χ1) is 13.6. The predicted molar refractivity (Wildman–Crippen MR) is 102 cm³/mol. The summed E-state index contributed by atoms with van der Waals surface area (Å²) < 4.78 is 49.6. The lowest BCUT2D eigenvalue weighted by atomic mass is 10.1. The molecule has 0 fully saturated rings. The summed E-state index contributed by atoms with van der Waals surface area (Å²) in [5, 5.41) is 4.77. The lowest BCUT2D eigenvalue weighted by Crippen LogP contribution is -2.28. The van der Waals surface area contributed by atoms with Crippen molar-refractivity contribution in [1.29, 1.82) is 0 Å². The van der Waals surface area contributed by atoms with Gasteiger partial charge in [0.2, 0.25) is 5.91 Å². The molecule has 0 aliphatic carbocycles. The molecule has 2 N–H and O–H groups in total. The number of carbonyl (C=O) groups excluding carboxylic acids is 2. The van der Waals surface area contributed by atoms with Gasteiger partial charge in [-0.05, 0) is 42.8 Å². The maximum Gasteiger partial charge on any atom is 0.416 e. The third-order valence-corrected chi connectivity index (χ3v) is 3.92. The number of ether oxygens (including phenoxy) is 2. The van der Waals surface area contributed by atoms with E-state index in [1.807, 2.05) is 0 Å². The Bertz CT molecular complexity index is 884. The van der Waals surface area contributed by atoms with Gasteiger partial charge in [0.1, 0.15) is 11.9 Å². The average molecular weight is 410 g/mol. The second-order valence-corrected chi connectivity index (χ2v) is 6.23. The van der Waals surface area contributed by atoms with Crippen molar-refractivity contribution in [3.05, 3.63) is 53.6 Å². The fraction of sp³-hybridized carbons (Fsp3) is 0.300. The van der Waals surface area contributed by atoms with Crippen LogP contribution in [0.4, 0.5) is 24.5 Å². The molecule has 0 heterocycles. The van der Waals surface area contributed by atoms with Gasteiger partial charge in [-0.3, -0.25) is 9.59 Å². The molecular weight excluding hydrogens is 389 g/mol. The molecule has 0 aromatic heterocycles. The molecule has 2 aromatic carbocycles. The highest BCUT2D eigenvalue weighted by Crippen LogP contribution is 2.34. The summed E-state index contributed by atoms with van der Waals surface area (Å²) in [4.78, 5) is 23.7. The van der Waals surface area contributed by atoms with E-state index in [-0.39, 0.29) is 18.0 Å². The smallest absolute Gasteiger partial charge is 0.416 e. The molecule has 6 nitrogen and oxygen atoms in total. The third kappa shape index (κ3) is 6.49. The fourth-order valence-corrected chi connectivity index (χ4v) is 2.42. The van der Waals surface area contributed by atoms with E-state index in [2.05, 4.69) is 10.6 Å². The Labute approximate surface area is 166 Å². The van der Waals surface area contributed by atoms with Crippen LogP contribution >= 0.6 is 0 Å². The molecule has 0 spiro atoms. The molecule has 0 bridgehead atoms. The van der Waals surface area contributed by atoms with Crippen LogP contribution in [0.15, 0.2) is 42.5 Å². The number of methoxy groups -OCH3 is 1. The number of amides is 2. The van der Waals surface area contributed by atoms with Gasteiger partial charge in [-0.25, -0.2) is 0 Å². The van der Waals surface area contributed by atoms with Crippen molar-refractivity contribution in [3.63, 3.8) is 0 Å². The van der Waals surface area contributed by atoms with Crippen LogP contribution in [0.1, 0.15) is 25.0 Å². The number of benzene rings is 2. The molecule has 29 heavy (non-hydrogen) atoms. The fourth-order valence-electron chi connectivity index (χ4n) is 2.42. The Hall–Kier alpha value is -3.07. The van der Waals surface area contributed by atoms with Crippen molar-refractivity contribution in [2.45, 2.75) is 32.7 Å². The van der Waals surface area contributed by atoms with Crippen LogP contribution in [-0.2, 0) is 27.1 Å². The number of hydrogen-bond donors (Lipinski definition) is 2. The Morgan fingerprint density at radius 1 is 1.07 bits per heavy atom. The van der Waals surface area contributed by atoms with Crippen LogP contribution in [0.3, 0.4) is 0 Å². The molecule has 1 unspecified atom stereocenters. The van der Waals surface area contributed by atoms with E-state index >= 15 is 0 Å². The summed E-state index contributed by atoms with van der Waals surface area (Å²) >= 11 is 0. The summed E-state index contributed by atoms with van der Waals surface area (Å²) in [6, 6.07) is 9.73. The van der Waals surface area contributed by atoms with Crippen LogP contribution in [0.5, 0.6) is 5.75 Å². The van der Waals surface area contributed by atoms with Crippen molar-refractivity contribution < 1.29 is 32.2 Å². The molecule has 2 rings (SSSR count). The number of anilines is 2. The van der Waals surface area contributed by atoms with Gasteiger partial charge in [-0.15, -0.1) is 0 Å². The minimum absolute atomic E-state index is 0.0545. The second-order valence-electron chi connectivity index (χ2n) is 6.23. The van der Waals surface area contributed by atoms with E-state index in [9.17, 15) is 22.8 Å². The number of alkyl halides is 3. The topological polar surface area (TPSA) is 76.7 Å². The summed E-state index contributed by atoms with van der Waals surface area (Å²) in [7, 11) is 1.53. The first-order valence-corrected chi connectivity index (χ1v) is 8.64. The number of hydrogen-bond acceptors (Lipinski definition) is 4. The van der Waals surface area contributed by atoms with Crippen molar-refractivity contribution in [2.24, 2.45) is 0 Å². The lowest BCUT2D eigenvalue weighted by Gasteiger charge is -2.17. The van der Waals surface area contributed by atoms with E-state index < -0.39 is 29.7 Å². The maximum absolute atomic E-state index is 13.0. The Kier molecular flexibility index (Phi) is 7.22. The van der Waals surface area contributed by atoms with Crippen molar-refractivity contribution in [3.8, 4) is 5.75 Å². The van der Waals surface area contributed by atoms with Gasteiger partial charge in [0.05, 0.1) is 30.7 Å². The van der Waals surface area contributed by atoms with Crippen molar-refractivity contribution in [1.82, 2.24) is 0 Å². The molecule has 0 radical (unpaired) electrons. The number of carbonyl (C=O) groups is 2. The molecule has 0 aliphatic heterocycles. The quantitative estimate of drug-likeness (QED) is 0.717. The maximum atomic E-state index is 13.0. The van der Waals surface area contributed by atoms with E-state index in [0.29, 0.717) is 5.75 Å². The molecule has 0 saturated heterocycles. The predicted octanol–water partition coefficient (Wildman–Crippen LogP) is 4.22. The molecular formula is C20H21F3N2O4. The largest absolute Gasteiger partial charge is 0.497 e. The van der Waals surface area contributed by atoms with Crippen LogP contribution in [-0.4, -0.2) is 25.0 Å².